The summed E-state index contributed by atoms with van der Waals surface area (Å²) < 4.78 is 0. The Morgan fingerprint density at radius 3 is 0.750 bits per heavy atom. The monoisotopic (exact) mass is 1780 g/mol. The van der Waals surface area contributed by atoms with Crippen LogP contribution in [0.3, 0.4) is 0 Å². The second kappa shape index (κ2) is 31.2. The van der Waals surface area contributed by atoms with Gasteiger partial charge in [-0.1, -0.05) is 0 Å². The first-order chi connectivity index (χ1) is 55.2. The number of Topliss-reactive ketones (excluding diaryl/α,β-unsaturated/α-hetero) is 4. The minimum Gasteiger partial charge on any atom is -0.288 e. The maximum Gasteiger partial charge on any atom is 0.273 e. The van der Waals surface area contributed by atoms with Crippen molar-refractivity contribution in [3.05, 3.63) is 260 Å². The molecule has 0 N–H and O–H groups in total. The number of fused-ring (bicyclic) bond motifs is 18. The molecule has 0 saturated carbocycles. The van der Waals surface area contributed by atoms with E-state index < -0.39 is 11.6 Å². The first-order valence-corrected chi connectivity index (χ1v) is 45.8. The lowest BCUT2D eigenvalue weighted by Crippen LogP contribution is -2.20. The highest BCUT2D eigenvalue weighted by Crippen LogP contribution is 2.55. The van der Waals surface area contributed by atoms with E-state index in [1.807, 2.05) is 118 Å². The molecule has 20 nitrogen and oxygen atoms in total. The minimum atomic E-state index is -0.530. The summed E-state index contributed by atoms with van der Waals surface area (Å²) in [5.41, 5.74) is 10.0. The van der Waals surface area contributed by atoms with Gasteiger partial charge in [0, 0.05) is 83.5 Å². The molecule has 7 aliphatic carbocycles. The molecule has 14 aromatic heterocycles. The van der Waals surface area contributed by atoms with Crippen LogP contribution in [-0.2, 0) is 0 Å². The van der Waals surface area contributed by atoms with E-state index in [1.54, 1.807) is 81.9 Å². The van der Waals surface area contributed by atoms with Crippen LogP contribution >= 0.6 is 159 Å². The molecule has 14 aromatic rings. The van der Waals surface area contributed by atoms with Crippen LogP contribution in [0.25, 0.3) is 59.9 Å². The molecule has 572 valence electrons. The van der Waals surface area contributed by atoms with E-state index in [-0.39, 0.29) is 57.7 Å². The number of carbonyl (C=O) groups is 10. The van der Waals surface area contributed by atoms with Gasteiger partial charge in [-0.15, -0.1) is 159 Å². The van der Waals surface area contributed by atoms with Crippen LogP contribution in [0.1, 0.15) is 225 Å². The van der Waals surface area contributed by atoms with E-state index in [4.69, 9.17) is 23.7 Å². The third-order valence-electron chi connectivity index (χ3n) is 18.0. The molecule has 0 saturated heterocycles. The molecule has 34 heteroatoms. The summed E-state index contributed by atoms with van der Waals surface area (Å²) in [7, 11) is 0. The van der Waals surface area contributed by atoms with E-state index in [0.29, 0.717) is 91.0 Å². The third kappa shape index (κ3) is 14.1. The number of carbonyl (C=O) groups excluding carboxylic acids is 10. The summed E-state index contributed by atoms with van der Waals surface area (Å²) in [6.07, 6.45) is 0. The van der Waals surface area contributed by atoms with E-state index >= 15 is 0 Å². The first-order valence-electron chi connectivity index (χ1n) is 34.4. The highest BCUT2D eigenvalue weighted by molar-refractivity contribution is 7.25. The van der Waals surface area contributed by atoms with Crippen LogP contribution in [0.2, 0.25) is 0 Å². The highest BCUT2D eigenvalue weighted by atomic mass is 32.2. The van der Waals surface area contributed by atoms with Gasteiger partial charge in [-0.05, 0) is 157 Å². The number of hydrogen-bond donors (Lipinski definition) is 0. The third-order valence-corrected chi connectivity index (χ3v) is 32.8. The zero-order chi connectivity index (χ0) is 83.0. The number of nitriles is 2. The largest absolute Gasteiger partial charge is 0.288 e. The fourth-order valence-corrected chi connectivity index (χ4v) is 27.4. The van der Waals surface area contributed by atoms with Crippen molar-refractivity contribution in [1.29, 1.82) is 10.5 Å². The molecule has 0 bridgehead atoms. The van der Waals surface area contributed by atoms with Crippen molar-refractivity contribution in [1.82, 2.24) is 29.9 Å². The minimum absolute atomic E-state index is 0.00157. The van der Waals surface area contributed by atoms with Gasteiger partial charge in [0.15, 0.2) is 5.78 Å². The van der Waals surface area contributed by atoms with Gasteiger partial charge in [-0.25, -0.2) is 50.1 Å². The van der Waals surface area contributed by atoms with E-state index in [9.17, 15) is 47.9 Å². The van der Waals surface area contributed by atoms with Gasteiger partial charge >= 0.3 is 0 Å². The van der Waals surface area contributed by atoms with Crippen molar-refractivity contribution in [3.63, 3.8) is 0 Å². The van der Waals surface area contributed by atoms with E-state index in [1.165, 1.54) is 110 Å². The van der Waals surface area contributed by atoms with Gasteiger partial charge in [0.05, 0.1) is 125 Å². The second-order valence-electron chi connectivity index (χ2n) is 26.4. The molecule has 116 heavy (non-hydrogen) atoms. The highest BCUT2D eigenvalue weighted by Gasteiger charge is 2.41. The van der Waals surface area contributed by atoms with Gasteiger partial charge in [0.25, 0.3) is 23.0 Å². The van der Waals surface area contributed by atoms with Gasteiger partial charge in [0.2, 0.25) is 40.5 Å². The van der Waals surface area contributed by atoms with Crippen LogP contribution < -0.4 is 0 Å². The number of rotatable bonds is 0. The lowest BCUT2D eigenvalue weighted by molar-refractivity contribution is 0.0810. The molecule has 0 fully saturated rings. The number of aromatic nitrogens is 6. The number of thiazole rings is 6. The summed E-state index contributed by atoms with van der Waals surface area (Å²) in [5.74, 6) is -2.08. The summed E-state index contributed by atoms with van der Waals surface area (Å²) in [4.78, 5) is 172. The van der Waals surface area contributed by atoms with Crippen molar-refractivity contribution in [2.45, 2.75) is 96.9 Å². The normalized spacial score (nSPS) is 13.2. The fraction of sp³-hybridized carbons (Fsp3) is 0.171. The Bertz CT molecular complexity index is 6010. The molecule has 0 atom stereocenters. The fourth-order valence-electron chi connectivity index (χ4n) is 13.5. The predicted molar refractivity (Wildman–Crippen MR) is 464 cm³/mol. The van der Waals surface area contributed by atoms with Crippen LogP contribution in [0.4, 0.5) is 0 Å². The SMILES string of the molecule is Cc1cc2c(s1)-c1sc(C)cc1C(=O)C2=O.Cc1cc2c(s1)C(=O)c1cc(C)sc1C2=O.Cc1cc2c(s1)C(=O)c1sc(C)cc1C2=O.Cc1nc2c(s1)-c1sc(C)nc1C(=O)C2=O.Cc1nc2c(s1)C(=O)c1nc(C)sc1C2=O.[C-]#[N+]C(C#N)=C1c2cc(C)sc2-c2sc(C)cc21.[C-]#[N+]C(C#N)=C1c2nc(C)sc2-c2sc(C)nc21. The summed E-state index contributed by atoms with van der Waals surface area (Å²) >= 11 is 20.9. The van der Waals surface area contributed by atoms with Crippen molar-refractivity contribution in [3.8, 4) is 51.2 Å². The number of ketones is 10. The predicted octanol–water partition coefficient (Wildman–Crippen LogP) is 22.1. The quantitative estimate of drug-likeness (QED) is 0.0773. The number of thiophene rings is 8. The smallest absolute Gasteiger partial charge is 0.273 e. The maximum absolute atomic E-state index is 12.1. The topological polar surface area (TPSA) is 304 Å². The molecular formula is C82H50N10O10S14. The number of hydrogen-bond acceptors (Lipinski definition) is 32. The number of allylic oxidation sites excluding steroid dienone is 2. The van der Waals surface area contributed by atoms with Crippen molar-refractivity contribution in [2.75, 3.05) is 0 Å². The van der Waals surface area contributed by atoms with Crippen LogP contribution in [0.15, 0.2) is 59.9 Å². The Kier molecular flexibility index (Phi) is 21.7. The lowest BCUT2D eigenvalue weighted by atomic mass is 9.95. The van der Waals surface area contributed by atoms with Crippen LogP contribution in [0.5, 0.6) is 0 Å². The van der Waals surface area contributed by atoms with Crippen molar-refractivity contribution < 1.29 is 47.9 Å². The first kappa shape index (κ1) is 80.7. The molecule has 0 aliphatic heterocycles. The second-order valence-corrected chi connectivity index (χ2v) is 43.7. The Balaban J connectivity index is 0.000000106. The van der Waals surface area contributed by atoms with Crippen LogP contribution in [-0.4, -0.2) is 87.7 Å². The molecule has 0 amide bonds. The molecule has 0 spiro atoms. The lowest BCUT2D eigenvalue weighted by Gasteiger charge is -2.08. The Morgan fingerprint density at radius 1 is 0.241 bits per heavy atom. The van der Waals surface area contributed by atoms with E-state index in [0.717, 1.165) is 117 Å². The van der Waals surface area contributed by atoms with Gasteiger partial charge < -0.3 is 0 Å². The standard InChI is InChI=1S/C14H8N2S2.C12H6N4S2.3C12H8O2S2.2C10H6N2O2S2/c1-7-4-9-12(11(6-15)16-3)10-5-8(2)18-14(10)13(9)17-7;1-5-15-9-8(7(4-13)14-3)10-12(11(9)17-5)18-6(2)16-10;1-5-3-7-9(13)12-8(4-6(2)16-12)10(14)11(7)15-5;1-5-3-7-9(13)10(14)8-4-6(2)16-12(8)11(7)15-5;1-5-3-7-9(13)8-4-6(2)16-12(8)10(14)11(7)15-5;1-3-11-5-7(13)10-6(12-4(2)16-10)8(14)9(5)15-3;1-3-11-5-7(13)8(14)6-10(9(5)15-3)16-4(2)12-6/h4-5H,1-2H3;1-2H3;3*3-4H,1-2H3;2*1-2H3. The van der Waals surface area contributed by atoms with E-state index in [2.05, 4.69) is 65.6 Å². The molecular weight excluding hydrogens is 1730 g/mol. The van der Waals surface area contributed by atoms with Gasteiger partial charge in [-0.3, -0.25) is 47.9 Å². The molecule has 0 unspecified atom stereocenters. The van der Waals surface area contributed by atoms with Crippen molar-refractivity contribution in [2.24, 2.45) is 0 Å². The van der Waals surface area contributed by atoms with Gasteiger partial charge in [-0.2, -0.15) is 0 Å². The Labute approximate surface area is 716 Å². The molecule has 14 heterocycles. The summed E-state index contributed by atoms with van der Waals surface area (Å²) in [6.45, 7) is 41.1. The molecule has 21 rings (SSSR count). The summed E-state index contributed by atoms with van der Waals surface area (Å²) in [6, 6.07) is 19.0. The zero-order valence-electron chi connectivity index (χ0n) is 62.9. The van der Waals surface area contributed by atoms with Crippen LogP contribution in [0, 0.1) is 133 Å². The maximum atomic E-state index is 12.1. The molecule has 0 radical (unpaired) electrons. The number of nitrogens with zero attached hydrogens (tertiary/aromatic N) is 10. The average Bonchev–Trinajstić information content (AvgIpc) is 1.58. The zero-order valence-corrected chi connectivity index (χ0v) is 74.3. The van der Waals surface area contributed by atoms with Gasteiger partial charge in [0.1, 0.15) is 32.5 Å². The molecule has 0 aromatic carbocycles. The number of aryl methyl sites for hydroxylation is 14. The molecule has 7 aliphatic rings. The average molecular weight is 1780 g/mol. The Hall–Kier alpha value is -10.5. The summed E-state index contributed by atoms with van der Waals surface area (Å²) in [5, 5.41) is 23.2. The van der Waals surface area contributed by atoms with Crippen molar-refractivity contribution >= 4 is 228 Å². The Morgan fingerprint density at radius 2 is 0.457 bits per heavy atom.